The first kappa shape index (κ1) is 15.2. The van der Waals surface area contributed by atoms with Gasteiger partial charge in [0.15, 0.2) is 5.82 Å². The van der Waals surface area contributed by atoms with Gasteiger partial charge >= 0.3 is 0 Å². The Kier molecular flexibility index (Phi) is 4.95. The minimum absolute atomic E-state index is 0.363. The van der Waals surface area contributed by atoms with Crippen LogP contribution in [0.5, 0.6) is 0 Å². The zero-order valence-electron chi connectivity index (χ0n) is 12.3. The number of aromatic nitrogens is 4. The molecular weight excluding hydrogens is 365 g/mol. The van der Waals surface area contributed by atoms with Crippen molar-refractivity contribution in [2.24, 2.45) is 7.05 Å². The third-order valence-electron chi connectivity index (χ3n) is 2.93. The molecule has 0 aliphatic rings. The van der Waals surface area contributed by atoms with Crippen LogP contribution in [-0.2, 0) is 7.05 Å². The fraction of sp³-hybridized carbons (Fsp3) is 0.500. The molecule has 6 heteroatoms. The van der Waals surface area contributed by atoms with Gasteiger partial charge in [-0.1, -0.05) is 20.8 Å². The normalized spacial score (nSPS) is 11.1. The summed E-state index contributed by atoms with van der Waals surface area (Å²) in [5, 5.41) is 7.59. The summed E-state index contributed by atoms with van der Waals surface area (Å²) in [5.41, 5.74) is 2.03. The fourth-order valence-electron chi connectivity index (χ4n) is 1.87. The molecule has 20 heavy (non-hydrogen) atoms. The first-order valence-corrected chi connectivity index (χ1v) is 7.91. The quantitative estimate of drug-likeness (QED) is 0.802. The Bertz CT molecular complexity index is 591. The zero-order chi connectivity index (χ0) is 14.7. The molecule has 0 saturated heterocycles. The van der Waals surface area contributed by atoms with Crippen LogP contribution >= 0.6 is 22.6 Å². The van der Waals surface area contributed by atoms with Crippen molar-refractivity contribution in [2.75, 3.05) is 11.9 Å². The van der Waals surface area contributed by atoms with Crippen LogP contribution in [0.4, 0.5) is 5.82 Å². The fourth-order valence-corrected chi connectivity index (χ4v) is 2.93. The summed E-state index contributed by atoms with van der Waals surface area (Å²) in [6, 6.07) is 0. The second kappa shape index (κ2) is 6.51. The molecule has 0 aromatic carbocycles. The monoisotopic (exact) mass is 385 g/mol. The number of hydrogen-bond donors (Lipinski definition) is 1. The molecule has 0 saturated carbocycles. The van der Waals surface area contributed by atoms with Gasteiger partial charge < -0.3 is 5.32 Å². The highest BCUT2D eigenvalue weighted by molar-refractivity contribution is 14.1. The van der Waals surface area contributed by atoms with E-state index in [0.29, 0.717) is 5.92 Å². The summed E-state index contributed by atoms with van der Waals surface area (Å²) in [6.45, 7) is 7.37. The molecule has 0 fully saturated rings. The summed E-state index contributed by atoms with van der Waals surface area (Å²) in [4.78, 5) is 9.37. The van der Waals surface area contributed by atoms with Crippen LogP contribution in [0.25, 0.3) is 11.4 Å². The van der Waals surface area contributed by atoms with Gasteiger partial charge in [-0.2, -0.15) is 5.10 Å². The number of halogens is 1. The molecule has 0 bridgehead atoms. The van der Waals surface area contributed by atoms with Gasteiger partial charge in [0.2, 0.25) is 0 Å². The Labute approximate surface area is 133 Å². The maximum Gasteiger partial charge on any atom is 0.165 e. The Balaban J connectivity index is 2.49. The number of aryl methyl sites for hydroxylation is 1. The van der Waals surface area contributed by atoms with E-state index in [1.165, 1.54) is 0 Å². The Morgan fingerprint density at radius 3 is 2.65 bits per heavy atom. The predicted octanol–water partition coefficient (Wildman–Crippen LogP) is 3.43. The lowest BCUT2D eigenvalue weighted by molar-refractivity contribution is 0.767. The molecule has 5 nitrogen and oxygen atoms in total. The first-order chi connectivity index (χ1) is 9.52. The number of nitrogens with zero attached hydrogens (tertiary/aromatic N) is 4. The lowest BCUT2D eigenvalue weighted by Crippen LogP contribution is -2.10. The molecule has 1 N–H and O–H groups in total. The minimum Gasteiger partial charge on any atom is -0.369 e. The lowest BCUT2D eigenvalue weighted by Gasteiger charge is -2.14. The number of hydrogen-bond acceptors (Lipinski definition) is 4. The van der Waals surface area contributed by atoms with Crippen LogP contribution in [0.15, 0.2) is 12.4 Å². The van der Waals surface area contributed by atoms with Crippen molar-refractivity contribution in [2.45, 2.75) is 33.1 Å². The largest absolute Gasteiger partial charge is 0.369 e. The van der Waals surface area contributed by atoms with Crippen LogP contribution < -0.4 is 5.32 Å². The van der Waals surface area contributed by atoms with Crippen LogP contribution in [0.1, 0.15) is 38.8 Å². The second-order valence-electron chi connectivity index (χ2n) is 5.08. The highest BCUT2D eigenvalue weighted by Crippen LogP contribution is 2.28. The smallest absolute Gasteiger partial charge is 0.165 e. The minimum atomic E-state index is 0.363. The third kappa shape index (κ3) is 3.28. The van der Waals surface area contributed by atoms with E-state index < -0.39 is 0 Å². The molecule has 2 aromatic rings. The van der Waals surface area contributed by atoms with Gasteiger partial charge in [0.1, 0.15) is 5.82 Å². The van der Waals surface area contributed by atoms with Gasteiger partial charge in [-0.3, -0.25) is 4.68 Å². The topological polar surface area (TPSA) is 55.6 Å². The summed E-state index contributed by atoms with van der Waals surface area (Å²) >= 11 is 2.33. The van der Waals surface area contributed by atoms with Crippen molar-refractivity contribution in [1.29, 1.82) is 0 Å². The van der Waals surface area contributed by atoms with E-state index in [0.717, 1.165) is 39.4 Å². The Hall–Kier alpha value is -1.18. The van der Waals surface area contributed by atoms with Gasteiger partial charge in [-0.15, -0.1) is 0 Å². The summed E-state index contributed by atoms with van der Waals surface area (Å²) in [5.74, 6) is 2.02. The molecule has 0 aliphatic heterocycles. The van der Waals surface area contributed by atoms with E-state index >= 15 is 0 Å². The van der Waals surface area contributed by atoms with Crippen LogP contribution in [0.3, 0.4) is 0 Å². The SMILES string of the molecule is CCCNc1nc(-c2cnn(C)c2)nc(C(C)C)c1I. The predicted molar refractivity (Wildman–Crippen MR) is 89.8 cm³/mol. The second-order valence-corrected chi connectivity index (χ2v) is 6.16. The van der Waals surface area contributed by atoms with Crippen molar-refractivity contribution in [3.05, 3.63) is 21.7 Å². The maximum absolute atomic E-state index is 4.71. The molecule has 0 amide bonds. The summed E-state index contributed by atoms with van der Waals surface area (Å²) < 4.78 is 2.88. The molecule has 0 aliphatic carbocycles. The molecule has 2 rings (SSSR count). The third-order valence-corrected chi connectivity index (χ3v) is 3.99. The highest BCUT2D eigenvalue weighted by Gasteiger charge is 2.16. The Morgan fingerprint density at radius 1 is 1.35 bits per heavy atom. The number of anilines is 1. The van der Waals surface area contributed by atoms with Crippen LogP contribution in [-0.4, -0.2) is 26.3 Å². The Morgan fingerprint density at radius 2 is 2.10 bits per heavy atom. The van der Waals surface area contributed by atoms with Gasteiger partial charge in [0, 0.05) is 19.8 Å². The van der Waals surface area contributed by atoms with Crippen molar-refractivity contribution < 1.29 is 0 Å². The van der Waals surface area contributed by atoms with Gasteiger partial charge in [0.25, 0.3) is 0 Å². The van der Waals surface area contributed by atoms with Gasteiger partial charge in [-0.25, -0.2) is 9.97 Å². The molecule has 2 aromatic heterocycles. The molecular formula is C14H20IN5. The average Bonchev–Trinajstić information content (AvgIpc) is 2.84. The van der Waals surface area contributed by atoms with Gasteiger partial charge in [0.05, 0.1) is 21.0 Å². The molecule has 0 radical (unpaired) electrons. The van der Waals surface area contributed by atoms with Crippen molar-refractivity contribution in [3.63, 3.8) is 0 Å². The van der Waals surface area contributed by atoms with E-state index in [-0.39, 0.29) is 0 Å². The van der Waals surface area contributed by atoms with E-state index in [2.05, 4.69) is 58.8 Å². The molecule has 2 heterocycles. The molecule has 108 valence electrons. The van der Waals surface area contributed by atoms with E-state index in [1.807, 2.05) is 13.2 Å². The van der Waals surface area contributed by atoms with E-state index in [4.69, 9.17) is 4.98 Å². The standard InChI is InChI=1S/C14H20IN5/c1-5-6-16-14-11(15)12(9(2)3)18-13(19-14)10-7-17-20(4)8-10/h7-9H,5-6H2,1-4H3,(H,16,18,19). The maximum atomic E-state index is 4.71. The van der Waals surface area contributed by atoms with Crippen molar-refractivity contribution in [1.82, 2.24) is 19.7 Å². The molecule has 0 spiro atoms. The van der Waals surface area contributed by atoms with E-state index in [9.17, 15) is 0 Å². The zero-order valence-corrected chi connectivity index (χ0v) is 14.5. The molecule has 0 atom stereocenters. The first-order valence-electron chi connectivity index (χ1n) is 6.83. The number of nitrogens with one attached hydrogen (secondary N) is 1. The summed E-state index contributed by atoms with van der Waals surface area (Å²) in [6.07, 6.45) is 4.81. The average molecular weight is 385 g/mol. The summed E-state index contributed by atoms with van der Waals surface area (Å²) in [7, 11) is 1.90. The van der Waals surface area contributed by atoms with Crippen LogP contribution in [0.2, 0.25) is 0 Å². The van der Waals surface area contributed by atoms with Crippen molar-refractivity contribution >= 4 is 28.4 Å². The molecule has 0 unspecified atom stereocenters. The van der Waals surface area contributed by atoms with Crippen LogP contribution in [0, 0.1) is 3.57 Å². The lowest BCUT2D eigenvalue weighted by atomic mass is 10.1. The van der Waals surface area contributed by atoms with Gasteiger partial charge in [-0.05, 0) is 34.9 Å². The number of rotatable bonds is 5. The highest BCUT2D eigenvalue weighted by atomic mass is 127. The van der Waals surface area contributed by atoms with Crippen molar-refractivity contribution in [3.8, 4) is 11.4 Å². The van der Waals surface area contributed by atoms with E-state index in [1.54, 1.807) is 10.9 Å².